The summed E-state index contributed by atoms with van der Waals surface area (Å²) in [6, 6.07) is 16.9. The fraction of sp³-hybridized carbons (Fsp3) is 0.182. The molecule has 0 aliphatic rings. The summed E-state index contributed by atoms with van der Waals surface area (Å²) in [4.78, 5) is 0. The van der Waals surface area contributed by atoms with Gasteiger partial charge in [-0.3, -0.25) is 0 Å². The third kappa shape index (κ3) is 5.61. The van der Waals surface area contributed by atoms with Crippen molar-refractivity contribution in [3.05, 3.63) is 70.7 Å². The summed E-state index contributed by atoms with van der Waals surface area (Å²) in [6.45, 7) is 4.09. The molecule has 4 aromatic rings. The Hall–Kier alpha value is -0.840. The van der Waals surface area contributed by atoms with Crippen LogP contribution in [0.3, 0.4) is 0 Å². The van der Waals surface area contributed by atoms with E-state index >= 15 is 0 Å². The molecule has 0 aliphatic heterocycles. The number of allylic oxidation sites excluding steroid dienone is 2. The van der Waals surface area contributed by atoms with Crippen LogP contribution in [0.1, 0.15) is 23.9 Å². The molecule has 6 heteroatoms. The van der Waals surface area contributed by atoms with Crippen molar-refractivity contribution in [1.82, 2.24) is 0 Å². The molecule has 2 aromatic carbocycles. The van der Waals surface area contributed by atoms with E-state index in [0.717, 1.165) is 0 Å². The lowest BCUT2D eigenvalue weighted by Gasteiger charge is -1.84. The Morgan fingerprint density at radius 2 is 1.00 bits per heavy atom. The molecular formula is C22H24I2N2S2. The number of benzene rings is 2. The number of thiazole rings is 2. The summed E-state index contributed by atoms with van der Waals surface area (Å²) in [6.07, 6.45) is 8.44. The van der Waals surface area contributed by atoms with Crippen LogP contribution in [0.2, 0.25) is 0 Å². The maximum Gasteiger partial charge on any atom is 0.262 e. The number of halogens is 2. The van der Waals surface area contributed by atoms with Crippen molar-refractivity contribution in [3.8, 4) is 0 Å². The van der Waals surface area contributed by atoms with E-state index in [0.29, 0.717) is 0 Å². The first-order chi connectivity index (χ1) is 12.7. The molecule has 0 N–H and O–H groups in total. The van der Waals surface area contributed by atoms with Gasteiger partial charge in [-0.05, 0) is 26.0 Å². The van der Waals surface area contributed by atoms with Gasteiger partial charge in [0.15, 0.2) is 0 Å². The molecule has 0 amide bonds. The predicted octanol–water partition coefficient (Wildman–Crippen LogP) is -0.474. The van der Waals surface area contributed by atoms with E-state index in [1.54, 1.807) is 0 Å². The van der Waals surface area contributed by atoms with E-state index in [4.69, 9.17) is 0 Å². The summed E-state index contributed by atoms with van der Waals surface area (Å²) in [5.74, 6) is 0. The summed E-state index contributed by atoms with van der Waals surface area (Å²) in [5, 5.41) is 2.59. The first kappa shape index (κ1) is 25.2. The lowest BCUT2D eigenvalue weighted by Crippen LogP contribution is -3.00. The van der Waals surface area contributed by atoms with Crippen LogP contribution in [-0.4, -0.2) is 0 Å². The summed E-state index contributed by atoms with van der Waals surface area (Å²) in [5.41, 5.74) is 2.61. The van der Waals surface area contributed by atoms with Crippen molar-refractivity contribution in [3.63, 3.8) is 0 Å². The van der Waals surface area contributed by atoms with Gasteiger partial charge in [-0.25, -0.2) is 0 Å². The third-order valence-electron chi connectivity index (χ3n) is 4.16. The summed E-state index contributed by atoms with van der Waals surface area (Å²) < 4.78 is 7.14. The predicted molar refractivity (Wildman–Crippen MR) is 115 cm³/mol. The van der Waals surface area contributed by atoms with Gasteiger partial charge < -0.3 is 48.0 Å². The molecular weight excluding hydrogens is 610 g/mol. The minimum Gasteiger partial charge on any atom is -1.00 e. The second kappa shape index (κ2) is 12.0. The van der Waals surface area contributed by atoms with Crippen LogP contribution >= 0.6 is 22.7 Å². The number of para-hydroxylation sites is 2. The van der Waals surface area contributed by atoms with Crippen LogP contribution in [0.25, 0.3) is 32.6 Å². The van der Waals surface area contributed by atoms with Crippen molar-refractivity contribution in [2.24, 2.45) is 14.1 Å². The Morgan fingerprint density at radius 3 is 1.32 bits per heavy atom. The molecule has 4 rings (SSSR count). The zero-order valence-electron chi connectivity index (χ0n) is 16.4. The molecule has 0 fully saturated rings. The zero-order valence-corrected chi connectivity index (χ0v) is 22.3. The minimum atomic E-state index is 0. The number of rotatable bonds is 2. The molecule has 0 spiro atoms. The number of nitrogens with zero attached hydrogens (tertiary/aromatic N) is 2. The minimum absolute atomic E-state index is 0. The highest BCUT2D eigenvalue weighted by atomic mass is 127. The summed E-state index contributed by atoms with van der Waals surface area (Å²) >= 11 is 3.65. The van der Waals surface area contributed by atoms with E-state index in [1.807, 2.05) is 36.5 Å². The third-order valence-corrected chi connectivity index (χ3v) is 6.53. The molecule has 0 saturated carbocycles. The molecule has 0 aliphatic carbocycles. The quantitative estimate of drug-likeness (QED) is 0.208. The normalized spacial score (nSPS) is 10.7. The van der Waals surface area contributed by atoms with Crippen molar-refractivity contribution in [1.29, 1.82) is 0 Å². The monoisotopic (exact) mass is 634 g/mol. The number of aryl methyl sites for hydroxylation is 2. The number of aromatic nitrogens is 2. The van der Waals surface area contributed by atoms with Crippen LogP contribution in [0.5, 0.6) is 0 Å². The fourth-order valence-electron chi connectivity index (χ4n) is 2.82. The highest BCUT2D eigenvalue weighted by Gasteiger charge is 2.13. The number of hydrogen-bond acceptors (Lipinski definition) is 2. The van der Waals surface area contributed by atoms with Gasteiger partial charge in [-0.2, -0.15) is 9.13 Å². The van der Waals surface area contributed by atoms with Crippen LogP contribution in [0.4, 0.5) is 0 Å². The van der Waals surface area contributed by atoms with Gasteiger partial charge >= 0.3 is 0 Å². The molecule has 2 nitrogen and oxygen atoms in total. The topological polar surface area (TPSA) is 7.76 Å². The second-order valence-electron chi connectivity index (χ2n) is 5.93. The first-order valence-corrected chi connectivity index (χ1v) is 10.3. The maximum atomic E-state index is 2.22. The van der Waals surface area contributed by atoms with Crippen LogP contribution < -0.4 is 57.1 Å². The van der Waals surface area contributed by atoms with Gasteiger partial charge in [-0.15, -0.1) is 0 Å². The molecule has 0 atom stereocenters. The Morgan fingerprint density at radius 1 is 0.643 bits per heavy atom. The van der Waals surface area contributed by atoms with Crippen molar-refractivity contribution < 1.29 is 57.1 Å². The smallest absolute Gasteiger partial charge is 0.262 e. The number of hydrogen-bond donors (Lipinski definition) is 0. The average molecular weight is 634 g/mol. The second-order valence-corrected chi connectivity index (χ2v) is 8.06. The van der Waals surface area contributed by atoms with Gasteiger partial charge in [0.05, 0.1) is 0 Å². The van der Waals surface area contributed by atoms with Gasteiger partial charge in [-0.1, -0.05) is 59.1 Å². The Labute approximate surface area is 209 Å². The lowest BCUT2D eigenvalue weighted by molar-refractivity contribution is -0.642. The summed E-state index contributed by atoms with van der Waals surface area (Å²) in [7, 11) is 4.21. The van der Waals surface area contributed by atoms with Gasteiger partial charge in [0.25, 0.3) is 10.0 Å². The molecule has 148 valence electrons. The van der Waals surface area contributed by atoms with E-state index in [1.165, 1.54) is 30.4 Å². The SMILES string of the molecule is CC=Cc1sc2ccccc2[n+]1C.CC=Cc1sc2ccccc2[n+]1C.[I-].[I-]. The molecule has 0 radical (unpaired) electrons. The van der Waals surface area contributed by atoms with Gasteiger partial charge in [0.1, 0.15) is 23.5 Å². The largest absolute Gasteiger partial charge is 1.00 e. The fourth-order valence-corrected chi connectivity index (χ4v) is 5.06. The van der Waals surface area contributed by atoms with Gasteiger partial charge in [0.2, 0.25) is 11.0 Å². The standard InChI is InChI=1S/2C11H12NS.2HI/c2*1-3-6-11-12(2)9-7-4-5-8-10(9)13-11;;/h2*3-8H,1-2H3;2*1H/q2*+1;;/p-2. The highest BCUT2D eigenvalue weighted by Crippen LogP contribution is 2.21. The average Bonchev–Trinajstić information content (AvgIpc) is 3.15. The molecule has 0 unspecified atom stereocenters. The molecule has 2 aromatic heterocycles. The van der Waals surface area contributed by atoms with Crippen molar-refractivity contribution in [2.45, 2.75) is 13.8 Å². The van der Waals surface area contributed by atoms with E-state index in [2.05, 4.69) is 96.1 Å². The first-order valence-electron chi connectivity index (χ1n) is 8.66. The van der Waals surface area contributed by atoms with E-state index in [9.17, 15) is 0 Å². The Bertz CT molecular complexity index is 1010. The van der Waals surface area contributed by atoms with Crippen molar-refractivity contribution >= 4 is 55.3 Å². The lowest BCUT2D eigenvalue weighted by atomic mass is 10.3. The van der Waals surface area contributed by atoms with Crippen LogP contribution in [-0.2, 0) is 14.1 Å². The molecule has 2 heterocycles. The van der Waals surface area contributed by atoms with Crippen LogP contribution in [0.15, 0.2) is 60.7 Å². The highest BCUT2D eigenvalue weighted by molar-refractivity contribution is 7.19. The van der Waals surface area contributed by atoms with Crippen LogP contribution in [0, 0.1) is 0 Å². The molecule has 0 bridgehead atoms. The van der Waals surface area contributed by atoms with E-state index in [-0.39, 0.29) is 48.0 Å². The maximum absolute atomic E-state index is 2.22. The van der Waals surface area contributed by atoms with E-state index < -0.39 is 0 Å². The Kier molecular flexibility index (Phi) is 10.8. The molecule has 0 saturated heterocycles. The van der Waals surface area contributed by atoms with Gasteiger partial charge in [0, 0.05) is 24.3 Å². The molecule has 28 heavy (non-hydrogen) atoms. The Balaban J connectivity index is 0.000000261. The zero-order chi connectivity index (χ0) is 18.5. The number of fused-ring (bicyclic) bond motifs is 2. The van der Waals surface area contributed by atoms with Crippen molar-refractivity contribution in [2.75, 3.05) is 0 Å².